The van der Waals surface area contributed by atoms with Crippen molar-refractivity contribution in [2.45, 2.75) is 59.3 Å². The fourth-order valence-corrected chi connectivity index (χ4v) is 2.59. The lowest BCUT2D eigenvalue weighted by Crippen LogP contribution is -2.52. The number of rotatable bonds is 6. The first-order valence-corrected chi connectivity index (χ1v) is 7.13. The van der Waals surface area contributed by atoms with Gasteiger partial charge in [0.15, 0.2) is 0 Å². The van der Waals surface area contributed by atoms with E-state index in [0.717, 1.165) is 32.1 Å². The summed E-state index contributed by atoms with van der Waals surface area (Å²) in [5.74, 6) is 0.732. The Morgan fingerprint density at radius 1 is 1.18 bits per heavy atom. The number of nitrogens with zero attached hydrogens (tertiary/aromatic N) is 1. The van der Waals surface area contributed by atoms with Gasteiger partial charge in [-0.1, -0.05) is 20.8 Å². The van der Waals surface area contributed by atoms with Crippen LogP contribution >= 0.6 is 0 Å². The number of ether oxygens (including phenoxy) is 1. The van der Waals surface area contributed by atoms with Gasteiger partial charge >= 0.3 is 0 Å². The van der Waals surface area contributed by atoms with E-state index < -0.39 is 0 Å². The fourth-order valence-electron chi connectivity index (χ4n) is 2.59. The third-order valence-corrected chi connectivity index (χ3v) is 3.37. The Morgan fingerprint density at radius 3 is 2.24 bits per heavy atom. The van der Waals surface area contributed by atoms with E-state index in [1.807, 2.05) is 0 Å². The Bertz CT molecular complexity index is 198. The summed E-state index contributed by atoms with van der Waals surface area (Å²) in [5, 5.41) is 3.58. The molecule has 1 heterocycles. The third kappa shape index (κ3) is 5.36. The van der Waals surface area contributed by atoms with Crippen molar-refractivity contribution in [3.05, 3.63) is 0 Å². The van der Waals surface area contributed by atoms with Crippen LogP contribution in [0, 0.1) is 5.92 Å². The minimum absolute atomic E-state index is 0.373. The lowest BCUT2D eigenvalue weighted by Gasteiger charge is -2.40. The molecule has 1 aliphatic rings. The molecular formula is C14H30N2O. The summed E-state index contributed by atoms with van der Waals surface area (Å²) in [5.41, 5.74) is 0. The SMILES string of the molecule is CCC(CNCC(C)C)N1C[C@@H](C)O[C@@H](C)C1. The van der Waals surface area contributed by atoms with Gasteiger partial charge in [0.2, 0.25) is 0 Å². The van der Waals surface area contributed by atoms with Crippen molar-refractivity contribution in [2.24, 2.45) is 5.92 Å². The molecule has 1 unspecified atom stereocenters. The summed E-state index contributed by atoms with van der Waals surface area (Å²) >= 11 is 0. The van der Waals surface area contributed by atoms with Crippen molar-refractivity contribution in [3.63, 3.8) is 0 Å². The first-order chi connectivity index (χ1) is 8.02. The molecule has 0 aromatic rings. The largest absolute Gasteiger partial charge is 0.373 e. The minimum atomic E-state index is 0.373. The van der Waals surface area contributed by atoms with Gasteiger partial charge in [-0.25, -0.2) is 0 Å². The van der Waals surface area contributed by atoms with E-state index >= 15 is 0 Å². The highest BCUT2D eigenvalue weighted by atomic mass is 16.5. The summed E-state index contributed by atoms with van der Waals surface area (Å²) in [7, 11) is 0. The zero-order chi connectivity index (χ0) is 12.8. The molecule has 1 saturated heterocycles. The van der Waals surface area contributed by atoms with E-state index in [-0.39, 0.29) is 0 Å². The van der Waals surface area contributed by atoms with E-state index in [1.165, 1.54) is 6.42 Å². The van der Waals surface area contributed by atoms with Crippen LogP contribution in [0.25, 0.3) is 0 Å². The van der Waals surface area contributed by atoms with Crippen LogP contribution in [-0.2, 0) is 4.74 Å². The van der Waals surface area contributed by atoms with Gasteiger partial charge in [0, 0.05) is 25.7 Å². The van der Waals surface area contributed by atoms with Gasteiger partial charge in [0.25, 0.3) is 0 Å². The zero-order valence-electron chi connectivity index (χ0n) is 12.2. The van der Waals surface area contributed by atoms with Crippen LogP contribution in [0.4, 0.5) is 0 Å². The predicted molar refractivity (Wildman–Crippen MR) is 73.4 cm³/mol. The second-order valence-corrected chi connectivity index (χ2v) is 5.83. The molecule has 1 N–H and O–H groups in total. The molecule has 0 saturated carbocycles. The Morgan fingerprint density at radius 2 is 1.76 bits per heavy atom. The van der Waals surface area contributed by atoms with Gasteiger partial charge in [-0.3, -0.25) is 4.90 Å². The van der Waals surface area contributed by atoms with E-state index in [0.29, 0.717) is 18.2 Å². The van der Waals surface area contributed by atoms with E-state index in [1.54, 1.807) is 0 Å². The maximum absolute atomic E-state index is 5.79. The van der Waals surface area contributed by atoms with Gasteiger partial charge in [-0.05, 0) is 32.7 Å². The van der Waals surface area contributed by atoms with Crippen molar-refractivity contribution in [1.29, 1.82) is 0 Å². The number of nitrogens with one attached hydrogen (secondary N) is 1. The molecule has 0 aliphatic carbocycles. The van der Waals surface area contributed by atoms with E-state index in [4.69, 9.17) is 4.74 Å². The average molecular weight is 242 g/mol. The van der Waals surface area contributed by atoms with E-state index in [2.05, 4.69) is 44.8 Å². The molecule has 0 bridgehead atoms. The van der Waals surface area contributed by atoms with Gasteiger partial charge in [-0.15, -0.1) is 0 Å². The molecule has 0 aromatic carbocycles. The molecular weight excluding hydrogens is 212 g/mol. The topological polar surface area (TPSA) is 24.5 Å². The molecule has 0 amide bonds. The summed E-state index contributed by atoms with van der Waals surface area (Å²) in [6, 6.07) is 0.655. The van der Waals surface area contributed by atoms with Crippen LogP contribution in [0.3, 0.4) is 0 Å². The number of hydrogen-bond acceptors (Lipinski definition) is 3. The first kappa shape index (κ1) is 14.9. The summed E-state index contributed by atoms with van der Waals surface area (Å²) in [6.45, 7) is 15.5. The highest BCUT2D eigenvalue weighted by Gasteiger charge is 2.26. The Hall–Kier alpha value is -0.120. The van der Waals surface area contributed by atoms with E-state index in [9.17, 15) is 0 Å². The first-order valence-electron chi connectivity index (χ1n) is 7.13. The lowest BCUT2D eigenvalue weighted by atomic mass is 10.1. The normalized spacial score (nSPS) is 28.6. The second kappa shape index (κ2) is 7.34. The monoisotopic (exact) mass is 242 g/mol. The Kier molecular flexibility index (Phi) is 6.45. The maximum Gasteiger partial charge on any atom is 0.0678 e. The molecule has 0 spiro atoms. The van der Waals surface area contributed by atoms with Gasteiger partial charge < -0.3 is 10.1 Å². The third-order valence-electron chi connectivity index (χ3n) is 3.37. The lowest BCUT2D eigenvalue weighted by molar-refractivity contribution is -0.0804. The maximum atomic E-state index is 5.79. The van der Waals surface area contributed by atoms with Crippen LogP contribution < -0.4 is 5.32 Å². The van der Waals surface area contributed by atoms with Gasteiger partial charge in [0.1, 0.15) is 0 Å². The summed E-state index contributed by atoms with van der Waals surface area (Å²) < 4.78 is 5.79. The molecule has 1 fully saturated rings. The van der Waals surface area contributed by atoms with Crippen LogP contribution in [0.1, 0.15) is 41.0 Å². The van der Waals surface area contributed by atoms with Crippen molar-refractivity contribution in [3.8, 4) is 0 Å². The Balaban J connectivity index is 2.37. The molecule has 1 rings (SSSR count). The highest BCUT2D eigenvalue weighted by Crippen LogP contribution is 2.15. The van der Waals surface area contributed by atoms with Crippen LogP contribution in [0.15, 0.2) is 0 Å². The summed E-state index contributed by atoms with van der Waals surface area (Å²) in [4.78, 5) is 2.59. The number of morpholine rings is 1. The zero-order valence-corrected chi connectivity index (χ0v) is 12.2. The molecule has 3 heteroatoms. The quantitative estimate of drug-likeness (QED) is 0.772. The van der Waals surface area contributed by atoms with Crippen molar-refractivity contribution in [2.75, 3.05) is 26.2 Å². The summed E-state index contributed by atoms with van der Waals surface area (Å²) in [6.07, 6.45) is 1.96. The van der Waals surface area contributed by atoms with Crippen molar-refractivity contribution in [1.82, 2.24) is 10.2 Å². The second-order valence-electron chi connectivity index (χ2n) is 5.83. The molecule has 1 aliphatic heterocycles. The average Bonchev–Trinajstić information content (AvgIpc) is 2.22. The fraction of sp³-hybridized carbons (Fsp3) is 1.00. The standard InChI is InChI=1S/C14H30N2O/c1-6-14(8-15-7-11(2)3)16-9-12(4)17-13(5)10-16/h11-15H,6-10H2,1-5H3/t12-,13+,14?. The molecule has 0 aromatic heterocycles. The van der Waals surface area contributed by atoms with Crippen LogP contribution in [0.5, 0.6) is 0 Å². The molecule has 0 radical (unpaired) electrons. The van der Waals surface area contributed by atoms with Gasteiger partial charge in [0.05, 0.1) is 12.2 Å². The molecule has 102 valence electrons. The van der Waals surface area contributed by atoms with Crippen LogP contribution in [-0.4, -0.2) is 49.3 Å². The van der Waals surface area contributed by atoms with Gasteiger partial charge in [-0.2, -0.15) is 0 Å². The van der Waals surface area contributed by atoms with Crippen LogP contribution in [0.2, 0.25) is 0 Å². The predicted octanol–water partition coefficient (Wildman–Crippen LogP) is 2.12. The smallest absolute Gasteiger partial charge is 0.0678 e. The molecule has 3 atom stereocenters. The van der Waals surface area contributed by atoms with Crippen molar-refractivity contribution >= 4 is 0 Å². The minimum Gasteiger partial charge on any atom is -0.373 e. The molecule has 3 nitrogen and oxygen atoms in total. The highest BCUT2D eigenvalue weighted by molar-refractivity contribution is 4.80. The van der Waals surface area contributed by atoms with Crippen molar-refractivity contribution < 1.29 is 4.74 Å². The Labute approximate surface area is 107 Å². The molecule has 17 heavy (non-hydrogen) atoms. The number of hydrogen-bond donors (Lipinski definition) is 1.